The number of likely N-dealkylation sites (N-methyl/N-ethyl adjacent to an activating group) is 1. The van der Waals surface area contributed by atoms with Crippen LogP contribution in [-0.4, -0.2) is 72.9 Å². The molecular formula is C28H30F2N8O. The minimum atomic E-state index is -0.671. The number of aromatic nitrogens is 5. The summed E-state index contributed by atoms with van der Waals surface area (Å²) in [6.07, 6.45) is 4.21. The summed E-state index contributed by atoms with van der Waals surface area (Å²) in [6, 6.07) is 6.62. The molecule has 1 unspecified atom stereocenters. The molecule has 9 nitrogen and oxygen atoms in total. The first-order valence-electron chi connectivity index (χ1n) is 13.1. The summed E-state index contributed by atoms with van der Waals surface area (Å²) in [5, 5.41) is 2.96. The molecule has 1 amide bonds. The van der Waals surface area contributed by atoms with Crippen LogP contribution in [0.5, 0.6) is 0 Å². The van der Waals surface area contributed by atoms with Crippen molar-refractivity contribution in [2.75, 3.05) is 32.0 Å². The first-order chi connectivity index (χ1) is 18.6. The largest absolute Gasteiger partial charge is 0.336 e. The van der Waals surface area contributed by atoms with Gasteiger partial charge in [-0.15, -0.1) is 0 Å². The molecule has 0 spiro atoms. The number of pyridine rings is 1. The van der Waals surface area contributed by atoms with E-state index in [2.05, 4.69) is 58.0 Å². The number of fused-ring (bicyclic) bond motifs is 3. The van der Waals surface area contributed by atoms with Gasteiger partial charge in [0.05, 0.1) is 17.3 Å². The van der Waals surface area contributed by atoms with Crippen molar-refractivity contribution in [2.24, 2.45) is 0 Å². The maximum atomic E-state index is 15.1. The van der Waals surface area contributed by atoms with Gasteiger partial charge in [-0.25, -0.2) is 28.7 Å². The molecule has 1 N–H and O–H groups in total. The van der Waals surface area contributed by atoms with Gasteiger partial charge in [0.1, 0.15) is 22.9 Å². The van der Waals surface area contributed by atoms with Gasteiger partial charge in [0.25, 0.3) is 5.91 Å². The maximum absolute atomic E-state index is 15.1. The average molecular weight is 533 g/mol. The molecule has 0 aliphatic carbocycles. The van der Waals surface area contributed by atoms with Crippen LogP contribution in [-0.2, 0) is 12.0 Å². The van der Waals surface area contributed by atoms with Crippen molar-refractivity contribution in [3.63, 3.8) is 0 Å². The van der Waals surface area contributed by atoms with E-state index in [0.717, 1.165) is 31.4 Å². The first-order valence-corrected chi connectivity index (χ1v) is 13.1. The van der Waals surface area contributed by atoms with Crippen molar-refractivity contribution in [3.05, 3.63) is 59.7 Å². The Morgan fingerprint density at radius 3 is 2.64 bits per heavy atom. The van der Waals surface area contributed by atoms with Crippen LogP contribution in [0.4, 0.5) is 20.5 Å². The molecule has 4 aromatic rings. The molecule has 3 aromatic heterocycles. The number of imidazole rings is 1. The second-order valence-corrected chi connectivity index (χ2v) is 11.0. The van der Waals surface area contributed by atoms with Crippen molar-refractivity contribution in [1.82, 2.24) is 34.3 Å². The quantitative estimate of drug-likeness (QED) is 0.417. The van der Waals surface area contributed by atoms with Gasteiger partial charge in [-0.05, 0) is 58.5 Å². The van der Waals surface area contributed by atoms with Crippen molar-refractivity contribution in [3.8, 4) is 11.3 Å². The van der Waals surface area contributed by atoms with Gasteiger partial charge in [-0.3, -0.25) is 4.79 Å². The lowest BCUT2D eigenvalue weighted by molar-refractivity contribution is 0.0572. The topological polar surface area (TPSA) is 92.1 Å². The Balaban J connectivity index is 1.25. The van der Waals surface area contributed by atoms with Gasteiger partial charge >= 0.3 is 0 Å². The fraction of sp³-hybridized carbons (Fsp3) is 0.393. The van der Waals surface area contributed by atoms with Crippen molar-refractivity contribution in [1.29, 1.82) is 0 Å². The monoisotopic (exact) mass is 532 g/mol. The third kappa shape index (κ3) is 4.50. The molecule has 11 heteroatoms. The number of hydrogen-bond donors (Lipinski definition) is 1. The average Bonchev–Trinajstić information content (AvgIpc) is 3.44. The zero-order valence-corrected chi connectivity index (χ0v) is 22.4. The molecule has 202 valence electrons. The highest BCUT2D eigenvalue weighted by Crippen LogP contribution is 2.38. The lowest BCUT2D eigenvalue weighted by atomic mass is 10.0. The summed E-state index contributed by atoms with van der Waals surface area (Å²) in [7, 11) is 2.05. The number of nitrogens with one attached hydrogen (secondary N) is 1. The Bertz CT molecular complexity index is 1580. The summed E-state index contributed by atoms with van der Waals surface area (Å²) < 4.78 is 32.0. The molecule has 2 aliphatic heterocycles. The van der Waals surface area contributed by atoms with E-state index in [-0.39, 0.29) is 34.6 Å². The van der Waals surface area contributed by atoms with Crippen LogP contribution in [0.25, 0.3) is 22.3 Å². The number of rotatable bonds is 4. The third-order valence-electron chi connectivity index (χ3n) is 7.86. The SMILES string of the molecule is CC1CN(C(=O)c2ccc(Nc3ncc(F)c(-c4cc(F)c5nc6n(c5c4)C(C)(C)CC6)n3)nc2)CCN1C. The smallest absolute Gasteiger partial charge is 0.255 e. The molecule has 1 fully saturated rings. The van der Waals surface area contributed by atoms with E-state index in [9.17, 15) is 9.18 Å². The first kappa shape index (κ1) is 25.3. The summed E-state index contributed by atoms with van der Waals surface area (Å²) in [4.78, 5) is 34.2. The van der Waals surface area contributed by atoms with E-state index in [1.165, 1.54) is 12.3 Å². The minimum absolute atomic E-state index is 0.0318. The fourth-order valence-electron chi connectivity index (χ4n) is 5.45. The second-order valence-electron chi connectivity index (χ2n) is 11.0. The highest BCUT2D eigenvalue weighted by molar-refractivity contribution is 5.94. The van der Waals surface area contributed by atoms with Gasteiger partial charge in [-0.1, -0.05) is 0 Å². The standard InChI is InChI=1S/C28H30F2N8O/c1-16-15-37(10-9-36(16)4)26(39)17-5-6-22(31-13-17)33-27-32-14-20(30)24(35-27)18-11-19(29)25-21(12-18)38-23(34-25)7-8-28(38,2)3/h5-6,11-14,16H,7-10,15H2,1-4H3,(H,31,32,33,35). The van der Waals surface area contributed by atoms with Crippen molar-refractivity contribution in [2.45, 2.75) is 45.2 Å². The zero-order chi connectivity index (χ0) is 27.5. The molecule has 0 bridgehead atoms. The molecule has 5 heterocycles. The number of piperazine rings is 1. The summed E-state index contributed by atoms with van der Waals surface area (Å²) in [5.41, 5.74) is 1.43. The van der Waals surface area contributed by atoms with Gasteiger partial charge in [-0.2, -0.15) is 0 Å². The summed E-state index contributed by atoms with van der Waals surface area (Å²) >= 11 is 0. The Labute approximate surface area is 224 Å². The number of aryl methyl sites for hydroxylation is 1. The van der Waals surface area contributed by atoms with Gasteiger partial charge in [0, 0.05) is 49.4 Å². The van der Waals surface area contributed by atoms with E-state index < -0.39 is 11.6 Å². The van der Waals surface area contributed by atoms with Gasteiger partial charge in [0.2, 0.25) is 5.95 Å². The van der Waals surface area contributed by atoms with Crippen molar-refractivity contribution < 1.29 is 13.6 Å². The molecule has 0 saturated carbocycles. The van der Waals surface area contributed by atoms with Crippen LogP contribution < -0.4 is 5.32 Å². The number of carbonyl (C=O) groups excluding carboxylic acids is 1. The maximum Gasteiger partial charge on any atom is 0.255 e. The van der Waals surface area contributed by atoms with Crippen LogP contribution in [0, 0.1) is 11.6 Å². The molecule has 1 aromatic carbocycles. The summed E-state index contributed by atoms with van der Waals surface area (Å²) in [6.45, 7) is 8.41. The Hall–Kier alpha value is -3.99. The predicted octanol–water partition coefficient (Wildman–Crippen LogP) is 4.37. The Kier molecular flexibility index (Phi) is 6.05. The third-order valence-corrected chi connectivity index (χ3v) is 7.86. The normalized spacial score (nSPS) is 18.9. The number of hydrogen-bond acceptors (Lipinski definition) is 7. The van der Waals surface area contributed by atoms with E-state index in [1.54, 1.807) is 18.2 Å². The molecule has 2 aliphatic rings. The molecule has 1 saturated heterocycles. The van der Waals surface area contributed by atoms with E-state index in [0.29, 0.717) is 35.6 Å². The minimum Gasteiger partial charge on any atom is -0.336 e. The number of benzene rings is 1. The Morgan fingerprint density at radius 1 is 1.08 bits per heavy atom. The molecular weight excluding hydrogens is 502 g/mol. The molecule has 0 radical (unpaired) electrons. The lowest BCUT2D eigenvalue weighted by Crippen LogP contribution is -2.52. The second kappa shape index (κ2) is 9.33. The number of carbonyl (C=O) groups is 1. The summed E-state index contributed by atoms with van der Waals surface area (Å²) in [5.74, 6) is 0.0606. The fourth-order valence-corrected chi connectivity index (χ4v) is 5.45. The van der Waals surface area contributed by atoms with Crippen LogP contribution in [0.1, 0.15) is 43.4 Å². The highest BCUT2D eigenvalue weighted by atomic mass is 19.1. The van der Waals surface area contributed by atoms with E-state index in [4.69, 9.17) is 0 Å². The van der Waals surface area contributed by atoms with E-state index >= 15 is 4.39 Å². The van der Waals surface area contributed by atoms with Crippen LogP contribution >= 0.6 is 0 Å². The number of halogens is 2. The van der Waals surface area contributed by atoms with Crippen LogP contribution in [0.3, 0.4) is 0 Å². The highest BCUT2D eigenvalue weighted by Gasteiger charge is 2.33. The molecule has 6 rings (SSSR count). The van der Waals surface area contributed by atoms with E-state index in [1.807, 2.05) is 9.47 Å². The van der Waals surface area contributed by atoms with Crippen LogP contribution in [0.15, 0.2) is 36.7 Å². The molecule has 1 atom stereocenters. The molecule has 39 heavy (non-hydrogen) atoms. The Morgan fingerprint density at radius 2 is 1.90 bits per heavy atom. The number of anilines is 2. The van der Waals surface area contributed by atoms with Gasteiger partial charge < -0.3 is 19.7 Å². The predicted molar refractivity (Wildman–Crippen MR) is 144 cm³/mol. The lowest BCUT2D eigenvalue weighted by Gasteiger charge is -2.37. The van der Waals surface area contributed by atoms with Gasteiger partial charge in [0.15, 0.2) is 11.6 Å². The van der Waals surface area contributed by atoms with Crippen LogP contribution in [0.2, 0.25) is 0 Å². The zero-order valence-electron chi connectivity index (χ0n) is 22.4. The van der Waals surface area contributed by atoms with Crippen molar-refractivity contribution >= 4 is 28.7 Å². The number of amides is 1. The number of nitrogens with zero attached hydrogens (tertiary/aromatic N) is 7.